The Hall–Kier alpha value is -2.07. The number of furan rings is 1. The summed E-state index contributed by atoms with van der Waals surface area (Å²) in [6, 6.07) is 12.9. The van der Waals surface area contributed by atoms with E-state index in [1.54, 1.807) is 0 Å². The SMILES string of the molecule is Cc1ccc(CNC(C)C(=O)Nc2ccccc2)o1. The second-order valence-electron chi connectivity index (χ2n) is 4.47. The number of nitrogens with one attached hydrogen (secondary N) is 2. The minimum absolute atomic E-state index is 0.0607. The first-order valence-electron chi connectivity index (χ1n) is 6.30. The van der Waals surface area contributed by atoms with Crippen molar-refractivity contribution in [2.45, 2.75) is 26.4 Å². The molecule has 0 aliphatic rings. The largest absolute Gasteiger partial charge is 0.465 e. The number of aryl methyl sites for hydroxylation is 1. The highest BCUT2D eigenvalue weighted by molar-refractivity contribution is 5.94. The van der Waals surface area contributed by atoms with Gasteiger partial charge < -0.3 is 9.73 Å². The fraction of sp³-hybridized carbons (Fsp3) is 0.267. The van der Waals surface area contributed by atoms with E-state index in [4.69, 9.17) is 4.42 Å². The Morgan fingerprint density at radius 2 is 1.95 bits per heavy atom. The molecule has 2 rings (SSSR count). The Morgan fingerprint density at radius 1 is 1.21 bits per heavy atom. The predicted molar refractivity (Wildman–Crippen MR) is 74.8 cm³/mol. The normalized spacial score (nSPS) is 12.1. The van der Waals surface area contributed by atoms with Crippen molar-refractivity contribution in [3.8, 4) is 0 Å². The number of benzene rings is 1. The molecule has 100 valence electrons. The zero-order chi connectivity index (χ0) is 13.7. The molecule has 1 atom stereocenters. The average Bonchev–Trinajstić information content (AvgIpc) is 2.83. The minimum atomic E-state index is -0.286. The van der Waals surface area contributed by atoms with Crippen molar-refractivity contribution in [2.24, 2.45) is 0 Å². The summed E-state index contributed by atoms with van der Waals surface area (Å²) in [5.74, 6) is 1.64. The fourth-order valence-corrected chi connectivity index (χ4v) is 1.70. The fourth-order valence-electron chi connectivity index (χ4n) is 1.70. The van der Waals surface area contributed by atoms with E-state index in [0.29, 0.717) is 6.54 Å². The second kappa shape index (κ2) is 6.20. The molecule has 1 unspecified atom stereocenters. The first kappa shape index (κ1) is 13.4. The van der Waals surface area contributed by atoms with Crippen molar-refractivity contribution in [3.63, 3.8) is 0 Å². The Labute approximate surface area is 112 Å². The predicted octanol–water partition coefficient (Wildman–Crippen LogP) is 2.70. The molecule has 0 bridgehead atoms. The molecule has 0 saturated carbocycles. The van der Waals surface area contributed by atoms with E-state index in [1.165, 1.54) is 0 Å². The van der Waals surface area contributed by atoms with Crippen LogP contribution in [0.2, 0.25) is 0 Å². The Bertz CT molecular complexity index is 534. The summed E-state index contributed by atoms with van der Waals surface area (Å²) in [6.45, 7) is 4.26. The van der Waals surface area contributed by atoms with Crippen LogP contribution >= 0.6 is 0 Å². The van der Waals surface area contributed by atoms with Crippen LogP contribution in [0.1, 0.15) is 18.4 Å². The molecule has 1 amide bonds. The number of para-hydroxylation sites is 1. The van der Waals surface area contributed by atoms with Gasteiger partial charge in [-0.2, -0.15) is 0 Å². The minimum Gasteiger partial charge on any atom is -0.465 e. The van der Waals surface area contributed by atoms with E-state index in [2.05, 4.69) is 10.6 Å². The van der Waals surface area contributed by atoms with Crippen LogP contribution in [0.3, 0.4) is 0 Å². The molecule has 0 saturated heterocycles. The highest BCUT2D eigenvalue weighted by Crippen LogP contribution is 2.07. The Morgan fingerprint density at radius 3 is 2.58 bits per heavy atom. The van der Waals surface area contributed by atoms with Crippen LogP contribution in [0.15, 0.2) is 46.9 Å². The molecule has 1 aromatic heterocycles. The van der Waals surface area contributed by atoms with Crippen LogP contribution in [0.4, 0.5) is 5.69 Å². The van der Waals surface area contributed by atoms with Crippen LogP contribution in [0, 0.1) is 6.92 Å². The van der Waals surface area contributed by atoms with E-state index in [0.717, 1.165) is 17.2 Å². The van der Waals surface area contributed by atoms with Gasteiger partial charge in [0.1, 0.15) is 11.5 Å². The van der Waals surface area contributed by atoms with Crippen molar-refractivity contribution in [1.29, 1.82) is 0 Å². The number of rotatable bonds is 5. The highest BCUT2D eigenvalue weighted by Gasteiger charge is 2.12. The average molecular weight is 258 g/mol. The lowest BCUT2D eigenvalue weighted by Crippen LogP contribution is -2.37. The number of anilines is 1. The van der Waals surface area contributed by atoms with E-state index in [1.807, 2.05) is 56.3 Å². The number of carbonyl (C=O) groups excluding carboxylic acids is 1. The second-order valence-corrected chi connectivity index (χ2v) is 4.47. The first-order valence-corrected chi connectivity index (χ1v) is 6.30. The number of hydrogen-bond acceptors (Lipinski definition) is 3. The highest BCUT2D eigenvalue weighted by atomic mass is 16.3. The van der Waals surface area contributed by atoms with E-state index >= 15 is 0 Å². The summed E-state index contributed by atoms with van der Waals surface area (Å²) >= 11 is 0. The third kappa shape index (κ3) is 3.96. The molecular formula is C15H18N2O2. The lowest BCUT2D eigenvalue weighted by molar-refractivity contribution is -0.117. The molecular weight excluding hydrogens is 240 g/mol. The first-order chi connectivity index (χ1) is 9.15. The zero-order valence-corrected chi connectivity index (χ0v) is 11.1. The van der Waals surface area contributed by atoms with Gasteiger partial charge in [-0.05, 0) is 38.1 Å². The summed E-state index contributed by atoms with van der Waals surface area (Å²) in [6.07, 6.45) is 0. The van der Waals surface area contributed by atoms with Crippen LogP contribution in [0.5, 0.6) is 0 Å². The molecule has 4 heteroatoms. The maximum Gasteiger partial charge on any atom is 0.241 e. The summed E-state index contributed by atoms with van der Waals surface area (Å²) < 4.78 is 5.44. The number of carbonyl (C=O) groups is 1. The van der Waals surface area contributed by atoms with Crippen LogP contribution in [0.25, 0.3) is 0 Å². The molecule has 2 aromatic rings. The van der Waals surface area contributed by atoms with E-state index < -0.39 is 0 Å². The van der Waals surface area contributed by atoms with Gasteiger partial charge in [0.15, 0.2) is 0 Å². The third-order valence-corrected chi connectivity index (χ3v) is 2.81. The van der Waals surface area contributed by atoms with Crippen LogP contribution in [-0.2, 0) is 11.3 Å². The van der Waals surface area contributed by atoms with Crippen LogP contribution in [-0.4, -0.2) is 11.9 Å². The van der Waals surface area contributed by atoms with Gasteiger partial charge in [0.25, 0.3) is 0 Å². The van der Waals surface area contributed by atoms with E-state index in [-0.39, 0.29) is 11.9 Å². The van der Waals surface area contributed by atoms with Gasteiger partial charge in [-0.3, -0.25) is 10.1 Å². The smallest absolute Gasteiger partial charge is 0.241 e. The molecule has 1 aromatic carbocycles. The Balaban J connectivity index is 1.82. The monoisotopic (exact) mass is 258 g/mol. The quantitative estimate of drug-likeness (QED) is 0.867. The molecule has 0 aliphatic heterocycles. The van der Waals surface area contributed by atoms with Gasteiger partial charge in [0.05, 0.1) is 12.6 Å². The van der Waals surface area contributed by atoms with Gasteiger partial charge in [-0.1, -0.05) is 18.2 Å². The van der Waals surface area contributed by atoms with Crippen molar-refractivity contribution in [1.82, 2.24) is 5.32 Å². The van der Waals surface area contributed by atoms with Gasteiger partial charge in [0.2, 0.25) is 5.91 Å². The van der Waals surface area contributed by atoms with Gasteiger partial charge in [0, 0.05) is 5.69 Å². The molecule has 0 fully saturated rings. The van der Waals surface area contributed by atoms with Gasteiger partial charge >= 0.3 is 0 Å². The lowest BCUT2D eigenvalue weighted by Gasteiger charge is -2.13. The molecule has 1 heterocycles. The number of amides is 1. The zero-order valence-electron chi connectivity index (χ0n) is 11.1. The third-order valence-electron chi connectivity index (χ3n) is 2.81. The molecule has 4 nitrogen and oxygen atoms in total. The summed E-state index contributed by atoms with van der Waals surface area (Å²) in [5, 5.41) is 5.98. The molecule has 19 heavy (non-hydrogen) atoms. The van der Waals surface area contributed by atoms with Crippen LogP contribution < -0.4 is 10.6 Å². The molecule has 0 aliphatic carbocycles. The molecule has 2 N–H and O–H groups in total. The van der Waals surface area contributed by atoms with E-state index in [9.17, 15) is 4.79 Å². The van der Waals surface area contributed by atoms with Gasteiger partial charge in [-0.15, -0.1) is 0 Å². The van der Waals surface area contributed by atoms with Crippen molar-refractivity contribution in [3.05, 3.63) is 54.0 Å². The maximum absolute atomic E-state index is 11.9. The number of hydrogen-bond donors (Lipinski definition) is 2. The molecule has 0 radical (unpaired) electrons. The standard InChI is InChI=1S/C15H18N2O2/c1-11-8-9-14(19-11)10-16-12(2)15(18)17-13-6-4-3-5-7-13/h3-9,12,16H,10H2,1-2H3,(H,17,18). The maximum atomic E-state index is 11.9. The van der Waals surface area contributed by atoms with Crippen molar-refractivity contribution >= 4 is 11.6 Å². The Kier molecular flexibility index (Phi) is 4.36. The molecule has 0 spiro atoms. The van der Waals surface area contributed by atoms with Crippen molar-refractivity contribution < 1.29 is 9.21 Å². The lowest BCUT2D eigenvalue weighted by atomic mass is 10.2. The summed E-state index contributed by atoms with van der Waals surface area (Å²) in [4.78, 5) is 11.9. The van der Waals surface area contributed by atoms with Gasteiger partial charge in [-0.25, -0.2) is 0 Å². The topological polar surface area (TPSA) is 54.3 Å². The van der Waals surface area contributed by atoms with Crippen molar-refractivity contribution in [2.75, 3.05) is 5.32 Å². The summed E-state index contributed by atoms with van der Waals surface area (Å²) in [7, 11) is 0. The summed E-state index contributed by atoms with van der Waals surface area (Å²) in [5.41, 5.74) is 0.801.